The molecule has 0 spiro atoms. The highest BCUT2D eigenvalue weighted by Crippen LogP contribution is 2.06. The van der Waals surface area contributed by atoms with Gasteiger partial charge in [-0.2, -0.15) is 0 Å². The summed E-state index contributed by atoms with van der Waals surface area (Å²) in [5.74, 6) is -0.627. The molecule has 1 aromatic rings. The molecule has 2 N–H and O–H groups in total. The van der Waals surface area contributed by atoms with Crippen LogP contribution in [0.4, 0.5) is 5.69 Å². The van der Waals surface area contributed by atoms with Crippen LogP contribution >= 0.6 is 0 Å². The van der Waals surface area contributed by atoms with E-state index in [0.717, 1.165) is 0 Å². The molecule has 0 aromatic heterocycles. The Morgan fingerprint density at radius 1 is 1.50 bits per heavy atom. The summed E-state index contributed by atoms with van der Waals surface area (Å²) in [6.07, 6.45) is 1.17. The summed E-state index contributed by atoms with van der Waals surface area (Å²) in [4.78, 5) is 23.6. The Bertz CT molecular complexity index is 354. The van der Waals surface area contributed by atoms with Crippen LogP contribution < -0.4 is 5.73 Å². The van der Waals surface area contributed by atoms with Gasteiger partial charge in [0.15, 0.2) is 0 Å². The van der Waals surface area contributed by atoms with Gasteiger partial charge in [-0.05, 0) is 18.2 Å². The molecule has 0 bridgehead atoms. The van der Waals surface area contributed by atoms with Crippen molar-refractivity contribution < 1.29 is 9.59 Å². The topological polar surface area (TPSA) is 72.5 Å². The summed E-state index contributed by atoms with van der Waals surface area (Å²) < 4.78 is 0. The lowest BCUT2D eigenvalue weighted by molar-refractivity contribution is 0.100. The molecule has 0 saturated carbocycles. The first-order valence-corrected chi connectivity index (χ1v) is 3.22. The second kappa shape index (κ2) is 3.46. The van der Waals surface area contributed by atoms with Crippen molar-refractivity contribution in [1.29, 1.82) is 0 Å². The fourth-order valence-electron chi connectivity index (χ4n) is 0.778. The van der Waals surface area contributed by atoms with Crippen LogP contribution in [0, 0.1) is 0 Å². The summed E-state index contributed by atoms with van der Waals surface area (Å²) in [7, 11) is 0. The summed E-state index contributed by atoms with van der Waals surface area (Å²) in [6.45, 7) is 0. The smallest absolute Gasteiger partial charge is 0.287 e. The van der Waals surface area contributed by atoms with Gasteiger partial charge in [0.05, 0.1) is 0 Å². The Morgan fingerprint density at radius 3 is 2.83 bits per heavy atom. The number of nitrogens with two attached hydrogens (primary N) is 1. The van der Waals surface area contributed by atoms with Crippen LogP contribution in [-0.2, 0) is 4.79 Å². The van der Waals surface area contributed by atoms with Gasteiger partial charge in [-0.25, -0.2) is 4.79 Å². The number of hydrogen-bond donors (Lipinski definition) is 1. The quantitative estimate of drug-likeness (QED) is 0.376. The van der Waals surface area contributed by atoms with Gasteiger partial charge in [0.2, 0.25) is 6.08 Å². The zero-order valence-electron chi connectivity index (χ0n) is 6.15. The number of amides is 1. The summed E-state index contributed by atoms with van der Waals surface area (Å²) in [5, 5.41) is 0. The van der Waals surface area contributed by atoms with Crippen molar-refractivity contribution in [3.05, 3.63) is 29.8 Å². The molecule has 1 amide bonds. The number of hydrogen-bond acceptors (Lipinski definition) is 3. The third-order valence-corrected chi connectivity index (χ3v) is 1.28. The van der Waals surface area contributed by atoms with E-state index in [1.807, 2.05) is 0 Å². The molecule has 4 nitrogen and oxygen atoms in total. The summed E-state index contributed by atoms with van der Waals surface area (Å²) in [5.41, 5.74) is 6.15. The SMILES string of the molecule is Nc1cccc(C(=O)N=C=O)c1. The molecule has 0 fully saturated rings. The number of rotatable bonds is 1. The third kappa shape index (κ3) is 1.78. The lowest BCUT2D eigenvalue weighted by Crippen LogP contribution is -1.95. The molecule has 1 aromatic carbocycles. The van der Waals surface area contributed by atoms with Crippen LogP contribution in [0.5, 0.6) is 0 Å². The van der Waals surface area contributed by atoms with Crippen LogP contribution in [0.1, 0.15) is 10.4 Å². The van der Waals surface area contributed by atoms with Crippen molar-refractivity contribution in [1.82, 2.24) is 0 Å². The highest BCUT2D eigenvalue weighted by atomic mass is 16.2. The number of carbonyl (C=O) groups excluding carboxylic acids is 2. The van der Waals surface area contributed by atoms with Gasteiger partial charge in [-0.15, -0.1) is 4.99 Å². The Kier molecular flexibility index (Phi) is 2.35. The van der Waals surface area contributed by atoms with Crippen molar-refractivity contribution in [3.63, 3.8) is 0 Å². The lowest BCUT2D eigenvalue weighted by Gasteiger charge is -1.94. The van der Waals surface area contributed by atoms with Crippen molar-refractivity contribution >= 4 is 17.7 Å². The van der Waals surface area contributed by atoms with E-state index in [9.17, 15) is 9.59 Å². The van der Waals surface area contributed by atoms with E-state index in [-0.39, 0.29) is 0 Å². The second-order valence-electron chi connectivity index (χ2n) is 2.13. The zero-order valence-corrected chi connectivity index (χ0v) is 6.15. The van der Waals surface area contributed by atoms with Gasteiger partial charge < -0.3 is 5.73 Å². The van der Waals surface area contributed by atoms with Crippen LogP contribution in [0.15, 0.2) is 29.3 Å². The number of benzene rings is 1. The molecule has 0 saturated heterocycles. The monoisotopic (exact) mass is 162 g/mol. The average Bonchev–Trinajstić information content (AvgIpc) is 2.05. The maximum absolute atomic E-state index is 10.9. The van der Waals surface area contributed by atoms with Gasteiger partial charge in [0, 0.05) is 11.3 Å². The minimum absolute atomic E-state index is 0.290. The molecular weight excluding hydrogens is 156 g/mol. The minimum Gasteiger partial charge on any atom is -0.399 e. The van der Waals surface area contributed by atoms with Crippen LogP contribution in [0.25, 0.3) is 0 Å². The van der Waals surface area contributed by atoms with E-state index < -0.39 is 5.91 Å². The molecular formula is C8H6N2O2. The van der Waals surface area contributed by atoms with E-state index in [1.165, 1.54) is 18.2 Å². The average molecular weight is 162 g/mol. The molecule has 0 heterocycles. The van der Waals surface area contributed by atoms with Gasteiger partial charge in [0.25, 0.3) is 5.91 Å². The predicted molar refractivity (Wildman–Crippen MR) is 43.3 cm³/mol. The molecule has 0 aliphatic rings. The van der Waals surface area contributed by atoms with Crippen LogP contribution in [-0.4, -0.2) is 12.0 Å². The highest BCUT2D eigenvalue weighted by Gasteiger charge is 2.02. The zero-order chi connectivity index (χ0) is 8.97. The second-order valence-corrected chi connectivity index (χ2v) is 2.13. The number of isocyanates is 1. The van der Waals surface area contributed by atoms with E-state index in [2.05, 4.69) is 4.99 Å². The number of carbonyl (C=O) groups is 1. The first kappa shape index (κ1) is 8.17. The number of nitrogen functional groups attached to an aromatic ring is 1. The standard InChI is InChI=1S/C8H6N2O2/c9-7-3-1-2-6(4-7)8(12)10-5-11/h1-4H,9H2. The Labute approximate surface area is 68.7 Å². The molecule has 60 valence electrons. The van der Waals surface area contributed by atoms with Crippen molar-refractivity contribution in [2.24, 2.45) is 4.99 Å². The minimum atomic E-state index is -0.627. The molecule has 0 aliphatic carbocycles. The summed E-state index contributed by atoms with van der Waals surface area (Å²) >= 11 is 0. The van der Waals surface area contributed by atoms with E-state index in [0.29, 0.717) is 11.3 Å². The first-order chi connectivity index (χ1) is 5.74. The number of anilines is 1. The molecule has 0 atom stereocenters. The molecule has 4 heteroatoms. The van der Waals surface area contributed by atoms with Gasteiger partial charge in [-0.3, -0.25) is 4.79 Å². The highest BCUT2D eigenvalue weighted by molar-refractivity contribution is 5.98. The molecule has 0 unspecified atom stereocenters. The van der Waals surface area contributed by atoms with Gasteiger partial charge in [-0.1, -0.05) is 6.07 Å². The fraction of sp³-hybridized carbons (Fsp3) is 0. The van der Waals surface area contributed by atoms with E-state index in [1.54, 1.807) is 12.1 Å². The lowest BCUT2D eigenvalue weighted by atomic mass is 10.2. The number of aliphatic imine (C=N–C) groups is 1. The van der Waals surface area contributed by atoms with Crippen molar-refractivity contribution in [2.75, 3.05) is 5.73 Å². The fourth-order valence-corrected chi connectivity index (χ4v) is 0.778. The third-order valence-electron chi connectivity index (χ3n) is 1.28. The molecule has 1 rings (SSSR count). The first-order valence-electron chi connectivity index (χ1n) is 3.22. The Morgan fingerprint density at radius 2 is 2.25 bits per heavy atom. The van der Waals surface area contributed by atoms with Crippen LogP contribution in [0.2, 0.25) is 0 Å². The normalized spacial score (nSPS) is 8.67. The molecule has 0 radical (unpaired) electrons. The molecule has 12 heavy (non-hydrogen) atoms. The maximum atomic E-state index is 10.9. The van der Waals surface area contributed by atoms with Gasteiger partial charge in [0.1, 0.15) is 0 Å². The Balaban J connectivity index is 3.03. The van der Waals surface area contributed by atoms with E-state index >= 15 is 0 Å². The van der Waals surface area contributed by atoms with Crippen molar-refractivity contribution in [3.8, 4) is 0 Å². The predicted octanol–water partition coefficient (Wildman–Crippen LogP) is 0.745. The largest absolute Gasteiger partial charge is 0.399 e. The van der Waals surface area contributed by atoms with Gasteiger partial charge >= 0.3 is 0 Å². The number of nitrogens with zero attached hydrogens (tertiary/aromatic N) is 1. The summed E-state index contributed by atoms with van der Waals surface area (Å²) in [6, 6.07) is 6.23. The maximum Gasteiger partial charge on any atom is 0.287 e. The van der Waals surface area contributed by atoms with E-state index in [4.69, 9.17) is 5.73 Å². The van der Waals surface area contributed by atoms with Crippen molar-refractivity contribution in [2.45, 2.75) is 0 Å². The Hall–Kier alpha value is -1.93. The van der Waals surface area contributed by atoms with Crippen LogP contribution in [0.3, 0.4) is 0 Å². The molecule has 0 aliphatic heterocycles.